The number of nitrogens with zero attached hydrogens (tertiary/aromatic N) is 3. The molecule has 1 heterocycles. The van der Waals surface area contributed by atoms with E-state index in [1.807, 2.05) is 6.07 Å². The number of carbonyl (C=O) groups excluding carboxylic acids is 2. The van der Waals surface area contributed by atoms with Crippen LogP contribution in [0.15, 0.2) is 60.8 Å². The van der Waals surface area contributed by atoms with Crippen molar-refractivity contribution in [2.45, 2.75) is 77.4 Å². The summed E-state index contributed by atoms with van der Waals surface area (Å²) < 4.78 is 53.4. The number of aromatic nitrogens is 3. The molecule has 0 saturated heterocycles. The summed E-state index contributed by atoms with van der Waals surface area (Å²) in [5.74, 6) is -0.992. The number of hydrogen-bond acceptors (Lipinski definition) is 7. The number of alkyl halides is 3. The number of amides is 1. The molecule has 0 aliphatic heterocycles. The summed E-state index contributed by atoms with van der Waals surface area (Å²) in [5.41, 5.74) is -2.42. The SMILES string of the molecule is CC(C)OC(=O)[C@](CC(C)(C)C(F)(F)F)(NC(=S)NC(=O)OCc1ccccc1)c1ccc(-c2cnn(C3CC3)n2)cc1. The summed E-state index contributed by atoms with van der Waals surface area (Å²) in [4.78, 5) is 27.9. The third kappa shape index (κ3) is 7.89. The van der Waals surface area contributed by atoms with Crippen molar-refractivity contribution in [2.75, 3.05) is 0 Å². The Balaban J connectivity index is 1.66. The summed E-state index contributed by atoms with van der Waals surface area (Å²) in [6, 6.07) is 15.5. The zero-order valence-electron chi connectivity index (χ0n) is 24.3. The minimum absolute atomic E-state index is 0.0657. The maximum absolute atomic E-state index is 14.3. The molecule has 1 amide bonds. The van der Waals surface area contributed by atoms with Gasteiger partial charge in [0.05, 0.1) is 23.8 Å². The Bertz CT molecular complexity index is 1440. The summed E-state index contributed by atoms with van der Waals surface area (Å²) >= 11 is 5.33. The number of nitrogens with one attached hydrogen (secondary N) is 2. The molecule has 3 aromatic rings. The van der Waals surface area contributed by atoms with Crippen LogP contribution < -0.4 is 10.6 Å². The van der Waals surface area contributed by atoms with Gasteiger partial charge in [-0.2, -0.15) is 28.2 Å². The highest BCUT2D eigenvalue weighted by molar-refractivity contribution is 7.80. The van der Waals surface area contributed by atoms with E-state index in [1.165, 1.54) is 12.1 Å². The third-order valence-electron chi connectivity index (χ3n) is 6.98. The van der Waals surface area contributed by atoms with Crippen LogP contribution in [-0.4, -0.2) is 44.4 Å². The van der Waals surface area contributed by atoms with Crippen molar-refractivity contribution in [2.24, 2.45) is 5.41 Å². The molecule has 2 N–H and O–H groups in total. The Morgan fingerprint density at radius 2 is 1.72 bits per heavy atom. The number of esters is 1. The minimum atomic E-state index is -4.69. The van der Waals surface area contributed by atoms with Gasteiger partial charge in [-0.3, -0.25) is 5.32 Å². The molecule has 0 unspecified atom stereocenters. The van der Waals surface area contributed by atoms with Crippen LogP contribution in [0.3, 0.4) is 0 Å². The number of thiocarbonyl (C=S) groups is 1. The molecular weight excluding hydrogens is 583 g/mol. The maximum Gasteiger partial charge on any atom is 0.413 e. The number of hydrogen-bond donors (Lipinski definition) is 2. The third-order valence-corrected chi connectivity index (χ3v) is 7.18. The standard InChI is InChI=1S/C30H34F3N5O4S/c1-19(2)42-25(39)29(18-28(3,4)30(31,32)33,36-26(43)35-27(40)41-17-20-8-6-5-7-9-20)22-12-10-21(11-13-22)24-16-34-38(37-24)23-14-15-23/h5-13,16,19,23H,14-15,17-18H2,1-4H3,(H2,35,36,40,43)/t29-/m1/s1. The number of ether oxygens (including phenoxy) is 2. The van der Waals surface area contributed by atoms with E-state index in [-0.39, 0.29) is 18.2 Å². The van der Waals surface area contributed by atoms with Crippen LogP contribution in [0.2, 0.25) is 0 Å². The van der Waals surface area contributed by atoms with E-state index in [4.69, 9.17) is 21.7 Å². The lowest BCUT2D eigenvalue weighted by Gasteiger charge is -2.40. The summed E-state index contributed by atoms with van der Waals surface area (Å²) in [6.45, 7) is 5.08. The fraction of sp³-hybridized carbons (Fsp3) is 0.433. The molecule has 1 aromatic heterocycles. The van der Waals surface area contributed by atoms with Crippen molar-refractivity contribution in [3.63, 3.8) is 0 Å². The molecule has 1 atom stereocenters. The second-order valence-corrected chi connectivity index (χ2v) is 11.8. The smallest absolute Gasteiger partial charge is 0.413 e. The first-order valence-corrected chi connectivity index (χ1v) is 14.2. The molecule has 43 heavy (non-hydrogen) atoms. The van der Waals surface area contributed by atoms with Gasteiger partial charge >= 0.3 is 18.2 Å². The van der Waals surface area contributed by atoms with Crippen molar-refractivity contribution >= 4 is 29.4 Å². The second kappa shape index (κ2) is 12.7. The average Bonchev–Trinajstić information content (AvgIpc) is 3.67. The Hall–Kier alpha value is -4.00. The minimum Gasteiger partial charge on any atom is -0.461 e. The van der Waals surface area contributed by atoms with Crippen LogP contribution in [0.5, 0.6) is 0 Å². The molecule has 2 aromatic carbocycles. The largest absolute Gasteiger partial charge is 0.461 e. The quantitative estimate of drug-likeness (QED) is 0.204. The maximum atomic E-state index is 14.3. The lowest BCUT2D eigenvalue weighted by atomic mass is 9.74. The molecule has 1 saturated carbocycles. The van der Waals surface area contributed by atoms with Crippen molar-refractivity contribution in [3.05, 3.63) is 71.9 Å². The van der Waals surface area contributed by atoms with Gasteiger partial charge in [-0.15, -0.1) is 0 Å². The molecule has 0 bridgehead atoms. The number of rotatable bonds is 10. The van der Waals surface area contributed by atoms with E-state index in [0.717, 1.165) is 32.3 Å². The molecule has 1 aliphatic carbocycles. The highest BCUT2D eigenvalue weighted by atomic mass is 32.1. The van der Waals surface area contributed by atoms with Gasteiger partial charge in [-0.05, 0) is 56.5 Å². The molecule has 0 spiro atoms. The number of benzene rings is 2. The normalized spacial score (nSPS) is 15.0. The van der Waals surface area contributed by atoms with E-state index >= 15 is 0 Å². The summed E-state index contributed by atoms with van der Waals surface area (Å²) in [5, 5.41) is 13.4. The Kier molecular flexibility index (Phi) is 9.43. The fourth-order valence-electron chi connectivity index (χ4n) is 4.43. The van der Waals surface area contributed by atoms with Crippen LogP contribution in [0.25, 0.3) is 11.3 Å². The predicted molar refractivity (Wildman–Crippen MR) is 157 cm³/mol. The Morgan fingerprint density at radius 3 is 2.30 bits per heavy atom. The monoisotopic (exact) mass is 617 g/mol. The Morgan fingerprint density at radius 1 is 1.07 bits per heavy atom. The topological polar surface area (TPSA) is 107 Å². The molecule has 0 radical (unpaired) electrons. The van der Waals surface area contributed by atoms with E-state index in [9.17, 15) is 22.8 Å². The first-order valence-electron chi connectivity index (χ1n) is 13.8. The van der Waals surface area contributed by atoms with Gasteiger partial charge in [-0.25, -0.2) is 9.59 Å². The van der Waals surface area contributed by atoms with Crippen molar-refractivity contribution in [3.8, 4) is 11.3 Å². The van der Waals surface area contributed by atoms with Crippen LogP contribution in [0.1, 0.15) is 64.1 Å². The van der Waals surface area contributed by atoms with Crippen molar-refractivity contribution in [1.29, 1.82) is 0 Å². The van der Waals surface area contributed by atoms with E-state index < -0.39 is 46.8 Å². The number of alkyl carbamates (subject to hydrolysis) is 1. The van der Waals surface area contributed by atoms with Crippen molar-refractivity contribution < 1.29 is 32.2 Å². The molecule has 9 nitrogen and oxygen atoms in total. The predicted octanol–water partition coefficient (Wildman–Crippen LogP) is 6.21. The molecular formula is C30H34F3N5O4S. The first-order chi connectivity index (χ1) is 20.2. The van der Waals surface area contributed by atoms with Gasteiger partial charge in [0.15, 0.2) is 10.7 Å². The molecule has 1 fully saturated rings. The highest BCUT2D eigenvalue weighted by Gasteiger charge is 2.56. The van der Waals surface area contributed by atoms with Gasteiger partial charge in [0.25, 0.3) is 0 Å². The number of halogens is 3. The van der Waals surface area contributed by atoms with E-state index in [2.05, 4.69) is 20.8 Å². The average molecular weight is 618 g/mol. The van der Waals surface area contributed by atoms with Crippen molar-refractivity contribution in [1.82, 2.24) is 25.6 Å². The first kappa shape index (κ1) is 31.9. The summed E-state index contributed by atoms with van der Waals surface area (Å²) in [7, 11) is 0. The van der Waals surface area contributed by atoms with Crippen LogP contribution >= 0.6 is 12.2 Å². The van der Waals surface area contributed by atoms with E-state index in [1.54, 1.807) is 61.2 Å². The second-order valence-electron chi connectivity index (χ2n) is 11.4. The molecule has 1 aliphatic rings. The zero-order valence-corrected chi connectivity index (χ0v) is 25.1. The lowest BCUT2D eigenvalue weighted by Crippen LogP contribution is -2.59. The van der Waals surface area contributed by atoms with Gasteiger partial charge in [0.1, 0.15) is 12.3 Å². The molecule has 4 rings (SSSR count). The zero-order chi connectivity index (χ0) is 31.4. The molecule has 230 valence electrons. The van der Waals surface area contributed by atoms with Gasteiger partial charge < -0.3 is 14.8 Å². The number of carbonyl (C=O) groups is 2. The fourth-order valence-corrected chi connectivity index (χ4v) is 4.69. The van der Waals surface area contributed by atoms with Crippen LogP contribution in [0.4, 0.5) is 18.0 Å². The lowest BCUT2D eigenvalue weighted by molar-refractivity contribution is -0.220. The van der Waals surface area contributed by atoms with Gasteiger partial charge in [-0.1, -0.05) is 68.4 Å². The Labute approximate surface area is 253 Å². The van der Waals surface area contributed by atoms with Crippen LogP contribution in [0, 0.1) is 5.41 Å². The van der Waals surface area contributed by atoms with Gasteiger partial charge in [0, 0.05) is 5.56 Å². The van der Waals surface area contributed by atoms with Crippen LogP contribution in [-0.2, 0) is 26.4 Å². The molecule has 13 heteroatoms. The van der Waals surface area contributed by atoms with E-state index in [0.29, 0.717) is 11.3 Å². The summed E-state index contributed by atoms with van der Waals surface area (Å²) in [6.07, 6.45) is -3.48. The van der Waals surface area contributed by atoms with Gasteiger partial charge in [0.2, 0.25) is 0 Å². The highest BCUT2D eigenvalue weighted by Crippen LogP contribution is 2.47.